The largest absolute Gasteiger partial charge is 0.490 e. The number of nitrogens with one attached hydrogen (secondary N) is 1. The normalized spacial score (nSPS) is 29.7. The van der Waals surface area contributed by atoms with Crippen molar-refractivity contribution in [3.8, 4) is 5.75 Å². The Labute approximate surface area is 265 Å². The minimum absolute atomic E-state index is 0.121. The second kappa shape index (κ2) is 13.0. The van der Waals surface area contributed by atoms with Crippen molar-refractivity contribution in [2.75, 3.05) is 51.4 Å². The van der Waals surface area contributed by atoms with Crippen LogP contribution in [0.25, 0.3) is 0 Å². The summed E-state index contributed by atoms with van der Waals surface area (Å²) >= 11 is 6.40. The van der Waals surface area contributed by atoms with Crippen molar-refractivity contribution in [1.82, 2.24) is 9.03 Å². The van der Waals surface area contributed by atoms with Crippen molar-refractivity contribution in [2.45, 2.75) is 56.5 Å². The molecule has 2 N–H and O–H groups in total. The molecule has 0 saturated heterocycles. The first kappa shape index (κ1) is 31.4. The summed E-state index contributed by atoms with van der Waals surface area (Å²) in [4.78, 5) is 15.8. The zero-order chi connectivity index (χ0) is 30.9. The van der Waals surface area contributed by atoms with Crippen molar-refractivity contribution in [1.29, 1.82) is 0 Å². The van der Waals surface area contributed by atoms with E-state index in [4.69, 9.17) is 21.1 Å². The summed E-state index contributed by atoms with van der Waals surface area (Å²) in [5, 5.41) is 11.9. The number of nitrogens with zero attached hydrogens (tertiary/aromatic N) is 2. The van der Waals surface area contributed by atoms with Crippen LogP contribution in [0.5, 0.6) is 5.75 Å². The van der Waals surface area contributed by atoms with Crippen molar-refractivity contribution in [3.63, 3.8) is 0 Å². The molecule has 0 unspecified atom stereocenters. The highest BCUT2D eigenvalue weighted by molar-refractivity contribution is 7.87. The van der Waals surface area contributed by atoms with Crippen molar-refractivity contribution < 1.29 is 27.8 Å². The van der Waals surface area contributed by atoms with Crippen LogP contribution < -0.4 is 14.4 Å². The number of carbonyl (C=O) groups excluding carboxylic acids is 1. The highest BCUT2D eigenvalue weighted by Crippen LogP contribution is 2.46. The van der Waals surface area contributed by atoms with Crippen LogP contribution >= 0.6 is 11.6 Å². The molecule has 2 bridgehead atoms. The van der Waals surface area contributed by atoms with Crippen LogP contribution in [0.15, 0.2) is 48.6 Å². The van der Waals surface area contributed by atoms with E-state index in [1.807, 2.05) is 18.2 Å². The lowest BCUT2D eigenvalue weighted by atomic mass is 9.68. The Morgan fingerprint density at radius 1 is 1.18 bits per heavy atom. The fourth-order valence-corrected chi connectivity index (χ4v) is 8.72. The SMILES string of the molecule is COCCN1CCC/C=C\[C@H](O)[C@@H]2CC[C@H]2CN2C[C@@]3(CCCc4cc(Cl)ccc43)COc3ccc(cc32)C(=O)NS1(=O)=O. The molecule has 0 radical (unpaired) electrons. The number of fused-ring (bicyclic) bond motifs is 4. The molecule has 1 spiro atoms. The minimum Gasteiger partial charge on any atom is -0.490 e. The van der Waals surface area contributed by atoms with Crippen LogP contribution in [0.1, 0.15) is 60.0 Å². The van der Waals surface area contributed by atoms with Crippen LogP contribution in [0.3, 0.4) is 0 Å². The maximum Gasteiger partial charge on any atom is 0.304 e. The first-order chi connectivity index (χ1) is 21.2. The van der Waals surface area contributed by atoms with E-state index in [-0.39, 0.29) is 42.5 Å². The molecule has 11 heteroatoms. The molecular weight excluding hydrogens is 602 g/mol. The first-order valence-electron chi connectivity index (χ1n) is 15.7. The van der Waals surface area contributed by atoms with Gasteiger partial charge in [-0.2, -0.15) is 12.7 Å². The molecule has 0 aromatic heterocycles. The summed E-state index contributed by atoms with van der Waals surface area (Å²) in [6.07, 6.45) is 9.30. The average molecular weight is 644 g/mol. The Balaban J connectivity index is 1.39. The number of methoxy groups -OCH3 is 1. The number of benzene rings is 2. The Hall–Kier alpha value is -2.63. The summed E-state index contributed by atoms with van der Waals surface area (Å²) in [6.45, 7) is 2.41. The van der Waals surface area contributed by atoms with Gasteiger partial charge in [0.25, 0.3) is 5.91 Å². The van der Waals surface area contributed by atoms with Gasteiger partial charge < -0.3 is 19.5 Å². The predicted molar refractivity (Wildman–Crippen MR) is 171 cm³/mol. The fourth-order valence-electron chi connectivity index (χ4n) is 7.36. The number of aliphatic hydroxyl groups is 1. The standard InChI is InChI=1S/C33H42ClN3O6S/c1-42-17-16-37-15-4-2-3-7-30(38)27-11-8-25(27)20-36-21-33(14-5-6-23-18-26(34)10-12-28(23)33)22-43-31-13-9-24(19-29(31)36)32(39)35-44(37,40)41/h3,7,9-10,12-13,18-19,25,27,30,38H,2,4-6,8,11,14-17,20-22H2,1H3,(H,35,39)/b7-3-/t25-,27+,30-,33-/m0/s1. The molecule has 44 heavy (non-hydrogen) atoms. The quantitative estimate of drug-likeness (QED) is 0.475. The smallest absolute Gasteiger partial charge is 0.304 e. The molecule has 4 aliphatic rings. The number of rotatable bonds is 3. The number of halogens is 1. The monoisotopic (exact) mass is 643 g/mol. The van der Waals surface area contributed by atoms with Crippen LogP contribution in [-0.2, 0) is 26.8 Å². The summed E-state index contributed by atoms with van der Waals surface area (Å²) < 4.78 is 41.9. The molecule has 1 saturated carbocycles. The summed E-state index contributed by atoms with van der Waals surface area (Å²) in [6, 6.07) is 11.3. The first-order valence-corrected chi connectivity index (χ1v) is 17.5. The van der Waals surface area contributed by atoms with E-state index in [0.29, 0.717) is 38.3 Å². The summed E-state index contributed by atoms with van der Waals surface area (Å²) in [5.74, 6) is 0.378. The molecule has 4 atom stereocenters. The van der Waals surface area contributed by atoms with E-state index in [2.05, 4.69) is 21.8 Å². The molecule has 1 amide bonds. The van der Waals surface area contributed by atoms with E-state index in [1.54, 1.807) is 18.2 Å². The number of aliphatic hydroxyl groups excluding tert-OH is 1. The molecule has 2 heterocycles. The number of carbonyl (C=O) groups is 1. The lowest BCUT2D eigenvalue weighted by Crippen LogP contribution is -2.49. The Morgan fingerprint density at radius 2 is 2.05 bits per heavy atom. The van der Waals surface area contributed by atoms with Gasteiger partial charge in [-0.15, -0.1) is 0 Å². The molecular formula is C33H42ClN3O6S. The van der Waals surface area contributed by atoms with Gasteiger partial charge in [0.1, 0.15) is 5.75 Å². The van der Waals surface area contributed by atoms with Gasteiger partial charge in [-0.25, -0.2) is 4.72 Å². The second-order valence-corrected chi connectivity index (χ2v) is 14.8. The van der Waals surface area contributed by atoms with Crippen molar-refractivity contribution in [2.24, 2.45) is 11.8 Å². The van der Waals surface area contributed by atoms with Gasteiger partial charge in [-0.05, 0) is 98.2 Å². The highest BCUT2D eigenvalue weighted by atomic mass is 35.5. The fraction of sp³-hybridized carbons (Fsp3) is 0.545. The van der Waals surface area contributed by atoms with Gasteiger partial charge in [-0.3, -0.25) is 4.79 Å². The average Bonchev–Trinajstić information content (AvgIpc) is 3.12. The minimum atomic E-state index is -4.12. The third-order valence-electron chi connectivity index (χ3n) is 9.89. The third-order valence-corrected chi connectivity index (χ3v) is 11.6. The van der Waals surface area contributed by atoms with Gasteiger partial charge in [0.15, 0.2) is 0 Å². The molecule has 238 valence electrons. The maximum atomic E-state index is 13.5. The van der Waals surface area contributed by atoms with Crippen LogP contribution in [-0.4, -0.2) is 76.3 Å². The molecule has 6 rings (SSSR count). The maximum absolute atomic E-state index is 13.5. The van der Waals surface area contributed by atoms with Crippen molar-refractivity contribution in [3.05, 3.63) is 70.3 Å². The Bertz CT molecular complexity index is 1520. The third kappa shape index (κ3) is 6.37. The van der Waals surface area contributed by atoms with Crippen molar-refractivity contribution >= 4 is 33.4 Å². The van der Waals surface area contributed by atoms with Gasteiger partial charge in [0.2, 0.25) is 0 Å². The zero-order valence-electron chi connectivity index (χ0n) is 25.2. The number of amides is 1. The lowest BCUT2D eigenvalue weighted by Gasteiger charge is -2.45. The van der Waals surface area contributed by atoms with Gasteiger partial charge in [0, 0.05) is 49.3 Å². The highest BCUT2D eigenvalue weighted by Gasteiger charge is 2.44. The number of ether oxygens (including phenoxy) is 2. The number of aryl methyl sites for hydroxylation is 1. The number of hydrogen-bond donors (Lipinski definition) is 2. The molecule has 9 nitrogen and oxygen atoms in total. The van der Waals surface area contributed by atoms with Gasteiger partial charge >= 0.3 is 10.2 Å². The molecule has 2 aliphatic heterocycles. The molecule has 1 fully saturated rings. The summed E-state index contributed by atoms with van der Waals surface area (Å²) in [5.41, 5.74) is 3.23. The summed E-state index contributed by atoms with van der Waals surface area (Å²) in [7, 11) is -2.61. The topological polar surface area (TPSA) is 108 Å². The number of allylic oxidation sites excluding steroid dienone is 1. The van der Waals surface area contributed by atoms with E-state index in [1.165, 1.54) is 22.5 Å². The number of hydrogen-bond acceptors (Lipinski definition) is 7. The molecule has 2 aliphatic carbocycles. The number of anilines is 1. The van der Waals surface area contributed by atoms with Crippen LogP contribution in [0.2, 0.25) is 5.02 Å². The molecule has 2 aromatic rings. The second-order valence-electron chi connectivity index (χ2n) is 12.7. The Morgan fingerprint density at radius 3 is 2.84 bits per heavy atom. The zero-order valence-corrected chi connectivity index (χ0v) is 26.8. The van der Waals surface area contributed by atoms with Gasteiger partial charge in [0.05, 0.1) is 25.0 Å². The van der Waals surface area contributed by atoms with Gasteiger partial charge in [-0.1, -0.05) is 29.8 Å². The van der Waals surface area contributed by atoms with E-state index < -0.39 is 22.2 Å². The predicted octanol–water partition coefficient (Wildman–Crippen LogP) is 4.47. The Kier molecular flexibility index (Phi) is 9.27. The molecule has 2 aromatic carbocycles. The van der Waals surface area contributed by atoms with E-state index in [0.717, 1.165) is 42.8 Å². The lowest BCUT2D eigenvalue weighted by molar-refractivity contribution is 0.0456. The van der Waals surface area contributed by atoms with E-state index >= 15 is 0 Å². The van der Waals surface area contributed by atoms with E-state index in [9.17, 15) is 18.3 Å². The van der Waals surface area contributed by atoms with Crippen LogP contribution in [0.4, 0.5) is 5.69 Å². The van der Waals surface area contributed by atoms with Crippen LogP contribution in [0, 0.1) is 11.8 Å².